The number of rotatable bonds is 3. The van der Waals surface area contributed by atoms with Crippen LogP contribution < -0.4 is 5.73 Å². The van der Waals surface area contributed by atoms with Gasteiger partial charge in [-0.3, -0.25) is 15.3 Å². The molecule has 55 valence electrons. The number of Topliss-reactive ketones (excluding diaryl/α,β-unsaturated/α-hetero) is 1. The number of nitrogens with one attached hydrogen (secondary N) is 1. The van der Waals surface area contributed by atoms with Gasteiger partial charge in [-0.05, 0) is 0 Å². The number of halogens is 1. The summed E-state index contributed by atoms with van der Waals surface area (Å²) in [5, 5.41) is 10.2. The molecule has 0 bridgehead atoms. The molecule has 0 atom stereocenters. The van der Waals surface area contributed by atoms with Crippen LogP contribution in [-0.2, 0) is 9.59 Å². The van der Waals surface area contributed by atoms with Gasteiger partial charge in [-0.2, -0.15) is 0 Å². The highest BCUT2D eigenvalue weighted by Crippen LogP contribution is 1.86. The second-order valence-corrected chi connectivity index (χ2v) is 1.90. The molecular weight excluding hydrogens is 204 g/mol. The molecule has 0 aliphatic heterocycles. The van der Waals surface area contributed by atoms with E-state index in [1.807, 2.05) is 0 Å². The molecule has 0 saturated carbocycles. The summed E-state index contributed by atoms with van der Waals surface area (Å²) >= 11 is 2.75. The van der Waals surface area contributed by atoms with Crippen LogP contribution >= 0.6 is 15.9 Å². The van der Waals surface area contributed by atoms with Gasteiger partial charge in [-0.25, -0.2) is 0 Å². The second kappa shape index (κ2) is 3.99. The fraction of sp³-hybridized carbons (Fsp3) is 0.250. The Morgan fingerprint density at radius 1 is 1.60 bits per heavy atom. The first-order chi connectivity index (χ1) is 4.63. The number of hydrogen-bond acceptors (Lipinski definition) is 4. The van der Waals surface area contributed by atoms with Crippen molar-refractivity contribution >= 4 is 33.3 Å². The van der Waals surface area contributed by atoms with Crippen molar-refractivity contribution in [3.8, 4) is 0 Å². The summed E-state index contributed by atoms with van der Waals surface area (Å²) in [4.78, 5) is 20.6. The maximum atomic E-state index is 10.5. The van der Waals surface area contributed by atoms with Crippen molar-refractivity contribution in [3.63, 3.8) is 0 Å². The number of alkyl halides is 1. The first-order valence-corrected chi connectivity index (χ1v) is 3.32. The minimum absolute atomic E-state index is 0.128. The molecule has 0 aliphatic carbocycles. The van der Waals surface area contributed by atoms with Crippen LogP contribution in [0.5, 0.6) is 0 Å². The Bertz CT molecular complexity index is 189. The normalized spacial score (nSPS) is 11.1. The third-order valence-electron chi connectivity index (χ3n) is 0.701. The molecule has 0 aromatic carbocycles. The van der Waals surface area contributed by atoms with Gasteiger partial charge in [0, 0.05) is 0 Å². The summed E-state index contributed by atoms with van der Waals surface area (Å²) in [7, 11) is 0. The standard InChI is InChI=1S/C4H4BrN2O3/c5-1-2(8)3(7-10)4(6)9/h6,10H,1H2. The number of nitrogens with zero attached hydrogens (tertiary/aromatic N) is 1. The van der Waals surface area contributed by atoms with Crippen LogP contribution in [0, 0.1) is 0 Å². The van der Waals surface area contributed by atoms with E-state index in [1.54, 1.807) is 0 Å². The van der Waals surface area contributed by atoms with E-state index in [1.165, 1.54) is 0 Å². The summed E-state index contributed by atoms with van der Waals surface area (Å²) in [6.45, 7) is 0. The van der Waals surface area contributed by atoms with E-state index < -0.39 is 17.4 Å². The number of hydrogen-bond donors (Lipinski definition) is 1. The van der Waals surface area contributed by atoms with Crippen molar-refractivity contribution in [1.82, 2.24) is 5.73 Å². The van der Waals surface area contributed by atoms with Crippen molar-refractivity contribution in [3.05, 3.63) is 0 Å². The van der Waals surface area contributed by atoms with Crippen LogP contribution in [0.2, 0.25) is 0 Å². The first-order valence-electron chi connectivity index (χ1n) is 2.20. The average molecular weight is 208 g/mol. The van der Waals surface area contributed by atoms with Crippen molar-refractivity contribution in [2.75, 3.05) is 5.33 Å². The molecule has 0 aliphatic rings. The quantitative estimate of drug-likeness (QED) is 0.224. The van der Waals surface area contributed by atoms with Gasteiger partial charge < -0.3 is 5.21 Å². The van der Waals surface area contributed by atoms with E-state index >= 15 is 0 Å². The molecule has 0 aromatic rings. The summed E-state index contributed by atoms with van der Waals surface area (Å²) in [5.41, 5.74) is 5.64. The van der Waals surface area contributed by atoms with E-state index in [9.17, 15) is 9.59 Å². The largest absolute Gasteiger partial charge is 0.410 e. The Morgan fingerprint density at radius 3 is 2.20 bits per heavy atom. The Balaban J connectivity index is 4.39. The zero-order valence-electron chi connectivity index (χ0n) is 4.80. The summed E-state index contributed by atoms with van der Waals surface area (Å²) in [6, 6.07) is 0. The minimum Gasteiger partial charge on any atom is -0.410 e. The maximum absolute atomic E-state index is 10.5. The molecule has 0 spiro atoms. The lowest BCUT2D eigenvalue weighted by atomic mass is 10.3. The third-order valence-corrected chi connectivity index (χ3v) is 1.21. The molecule has 5 nitrogen and oxygen atoms in total. The monoisotopic (exact) mass is 207 g/mol. The van der Waals surface area contributed by atoms with E-state index in [4.69, 9.17) is 10.9 Å². The minimum atomic E-state index is -1.29. The fourth-order valence-corrected chi connectivity index (χ4v) is 0.557. The number of oxime groups is 1. The Morgan fingerprint density at radius 2 is 2.10 bits per heavy atom. The molecular formula is C4H4BrN2O3. The summed E-state index contributed by atoms with van der Waals surface area (Å²) in [5.74, 6) is -1.99. The molecule has 2 N–H and O–H groups in total. The molecule has 0 rings (SSSR count). The number of ketones is 1. The molecule has 0 aromatic heterocycles. The van der Waals surface area contributed by atoms with Gasteiger partial charge in [0.2, 0.25) is 11.5 Å². The molecule has 0 unspecified atom stereocenters. The topological polar surface area (TPSA) is 90.5 Å². The first kappa shape index (κ1) is 9.09. The summed E-state index contributed by atoms with van der Waals surface area (Å²) in [6.07, 6.45) is 0. The van der Waals surface area contributed by atoms with Gasteiger partial charge in [0.05, 0.1) is 5.33 Å². The van der Waals surface area contributed by atoms with Crippen molar-refractivity contribution in [1.29, 1.82) is 0 Å². The lowest BCUT2D eigenvalue weighted by Crippen LogP contribution is -2.25. The molecule has 1 amide bonds. The van der Waals surface area contributed by atoms with Crippen molar-refractivity contribution < 1.29 is 14.8 Å². The van der Waals surface area contributed by atoms with Gasteiger partial charge >= 0.3 is 0 Å². The van der Waals surface area contributed by atoms with E-state index in [2.05, 4.69) is 21.1 Å². The molecule has 0 heterocycles. The predicted molar refractivity (Wildman–Crippen MR) is 36.1 cm³/mol. The van der Waals surface area contributed by atoms with Gasteiger partial charge in [0.25, 0.3) is 5.91 Å². The van der Waals surface area contributed by atoms with Crippen LogP contribution in [0.1, 0.15) is 0 Å². The molecule has 0 fully saturated rings. The zero-order chi connectivity index (χ0) is 8.15. The van der Waals surface area contributed by atoms with E-state index in [0.29, 0.717) is 0 Å². The van der Waals surface area contributed by atoms with Gasteiger partial charge in [-0.15, -0.1) is 0 Å². The van der Waals surface area contributed by atoms with E-state index in [-0.39, 0.29) is 5.33 Å². The highest BCUT2D eigenvalue weighted by molar-refractivity contribution is 9.09. The average Bonchev–Trinajstić information content (AvgIpc) is 1.88. The predicted octanol–water partition coefficient (Wildman–Crippen LogP) is -0.410. The smallest absolute Gasteiger partial charge is 0.295 e. The van der Waals surface area contributed by atoms with Gasteiger partial charge in [0.1, 0.15) is 0 Å². The third kappa shape index (κ3) is 2.14. The van der Waals surface area contributed by atoms with Crippen LogP contribution in [0.3, 0.4) is 0 Å². The zero-order valence-corrected chi connectivity index (χ0v) is 6.38. The van der Waals surface area contributed by atoms with Crippen LogP contribution in [0.4, 0.5) is 0 Å². The Kier molecular flexibility index (Phi) is 3.63. The van der Waals surface area contributed by atoms with Crippen LogP contribution in [0.15, 0.2) is 5.16 Å². The number of amides is 1. The Hall–Kier alpha value is -0.910. The second-order valence-electron chi connectivity index (χ2n) is 1.33. The lowest BCUT2D eigenvalue weighted by Gasteiger charge is -1.91. The van der Waals surface area contributed by atoms with Gasteiger partial charge in [-0.1, -0.05) is 21.1 Å². The fourth-order valence-electron chi connectivity index (χ4n) is 0.291. The number of carbonyl (C=O) groups is 2. The highest BCUT2D eigenvalue weighted by atomic mass is 79.9. The van der Waals surface area contributed by atoms with Crippen LogP contribution in [0.25, 0.3) is 0 Å². The van der Waals surface area contributed by atoms with Crippen molar-refractivity contribution in [2.24, 2.45) is 5.16 Å². The maximum Gasteiger partial charge on any atom is 0.295 e. The molecule has 0 saturated heterocycles. The highest BCUT2D eigenvalue weighted by Gasteiger charge is 2.16. The van der Waals surface area contributed by atoms with Crippen molar-refractivity contribution in [2.45, 2.75) is 0 Å². The Labute approximate surface area is 65.0 Å². The SMILES string of the molecule is [NH]C(=O)C(=NO)C(=O)CBr. The van der Waals surface area contributed by atoms with Gasteiger partial charge in [0.15, 0.2) is 0 Å². The summed E-state index contributed by atoms with van der Waals surface area (Å²) < 4.78 is 0. The molecule has 1 radical (unpaired) electrons. The molecule has 10 heavy (non-hydrogen) atoms. The number of carbonyl (C=O) groups excluding carboxylic acids is 2. The lowest BCUT2D eigenvalue weighted by molar-refractivity contribution is -0.115. The van der Waals surface area contributed by atoms with E-state index in [0.717, 1.165) is 0 Å². The molecule has 6 heteroatoms. The van der Waals surface area contributed by atoms with Crippen LogP contribution in [-0.4, -0.2) is 27.9 Å².